The quantitative estimate of drug-likeness (QED) is 0.824. The summed E-state index contributed by atoms with van der Waals surface area (Å²) >= 11 is 0. The third-order valence-corrected chi connectivity index (χ3v) is 7.51. The Hall–Kier alpha value is -1.44. The molecule has 1 atom stereocenters. The van der Waals surface area contributed by atoms with Gasteiger partial charge < -0.3 is 4.90 Å². The van der Waals surface area contributed by atoms with Gasteiger partial charge in [0.15, 0.2) is 0 Å². The molecule has 0 aromatic heterocycles. The van der Waals surface area contributed by atoms with E-state index in [1.165, 1.54) is 8.61 Å². The van der Waals surface area contributed by atoms with Crippen molar-refractivity contribution in [2.24, 2.45) is 0 Å². The lowest BCUT2D eigenvalue weighted by atomic mass is 9.82. The summed E-state index contributed by atoms with van der Waals surface area (Å²) in [4.78, 5) is 14.6. The summed E-state index contributed by atoms with van der Waals surface area (Å²) in [6.07, 6.45) is 2.14. The zero-order valence-corrected chi connectivity index (χ0v) is 15.3. The van der Waals surface area contributed by atoms with Crippen LogP contribution in [0, 0.1) is 0 Å². The molecule has 1 aromatic carbocycles. The van der Waals surface area contributed by atoms with Crippen LogP contribution < -0.4 is 0 Å². The summed E-state index contributed by atoms with van der Waals surface area (Å²) in [7, 11) is 1.59. The predicted molar refractivity (Wildman–Crippen MR) is 92.7 cm³/mol. The van der Waals surface area contributed by atoms with Crippen molar-refractivity contribution in [3.05, 3.63) is 35.9 Å². The Morgan fingerprint density at radius 1 is 1.12 bits per heavy atom. The molecule has 2 saturated heterocycles. The molecule has 2 heterocycles. The number of nitrogens with zero attached hydrogens (tertiary/aromatic N) is 3. The maximum atomic E-state index is 12.8. The second-order valence-corrected chi connectivity index (χ2v) is 9.12. The van der Waals surface area contributed by atoms with Gasteiger partial charge in [0.05, 0.1) is 5.92 Å². The molecule has 3 rings (SSSR count). The van der Waals surface area contributed by atoms with E-state index in [1.807, 2.05) is 42.3 Å². The van der Waals surface area contributed by atoms with E-state index in [2.05, 4.69) is 0 Å². The van der Waals surface area contributed by atoms with Gasteiger partial charge in [0.1, 0.15) is 0 Å². The highest BCUT2D eigenvalue weighted by atomic mass is 32.2. The van der Waals surface area contributed by atoms with E-state index in [9.17, 15) is 13.2 Å². The Kier molecular flexibility index (Phi) is 4.44. The summed E-state index contributed by atoms with van der Waals surface area (Å²) in [5, 5.41) is 0. The molecule has 1 spiro atoms. The van der Waals surface area contributed by atoms with E-state index < -0.39 is 10.2 Å². The molecule has 0 aliphatic carbocycles. The fourth-order valence-corrected chi connectivity index (χ4v) is 5.03. The monoisotopic (exact) mass is 351 g/mol. The Morgan fingerprint density at radius 2 is 1.71 bits per heavy atom. The van der Waals surface area contributed by atoms with Crippen LogP contribution in [-0.4, -0.2) is 67.6 Å². The number of likely N-dealkylation sites (N-methyl/N-ethyl adjacent to an activating group) is 1. The number of benzene rings is 1. The topological polar surface area (TPSA) is 60.9 Å². The van der Waals surface area contributed by atoms with Gasteiger partial charge in [-0.05, 0) is 24.8 Å². The molecule has 1 amide bonds. The van der Waals surface area contributed by atoms with E-state index >= 15 is 0 Å². The number of piperidine rings is 1. The van der Waals surface area contributed by atoms with Crippen molar-refractivity contribution in [3.63, 3.8) is 0 Å². The molecule has 0 radical (unpaired) electrons. The van der Waals surface area contributed by atoms with Gasteiger partial charge >= 0.3 is 0 Å². The largest absolute Gasteiger partial charge is 0.339 e. The van der Waals surface area contributed by atoms with Gasteiger partial charge in [0, 0.05) is 39.8 Å². The molecule has 2 fully saturated rings. The Labute approximate surface area is 144 Å². The Morgan fingerprint density at radius 3 is 2.25 bits per heavy atom. The lowest BCUT2D eigenvalue weighted by molar-refractivity contribution is -0.131. The molecule has 132 valence electrons. The van der Waals surface area contributed by atoms with Gasteiger partial charge in [-0.25, -0.2) is 0 Å². The van der Waals surface area contributed by atoms with Crippen molar-refractivity contribution in [2.75, 3.05) is 34.2 Å². The molecular weight excluding hydrogens is 326 g/mol. The Bertz CT molecular complexity index is 710. The average Bonchev–Trinajstić information content (AvgIpc) is 2.81. The second-order valence-electron chi connectivity index (χ2n) is 6.98. The summed E-state index contributed by atoms with van der Waals surface area (Å²) in [6.45, 7) is 0.916. The predicted octanol–water partition coefficient (Wildman–Crippen LogP) is 1.27. The molecule has 0 unspecified atom stereocenters. The van der Waals surface area contributed by atoms with Gasteiger partial charge in [-0.1, -0.05) is 30.3 Å². The van der Waals surface area contributed by atoms with E-state index in [1.54, 1.807) is 14.1 Å². The van der Waals surface area contributed by atoms with Crippen molar-refractivity contribution in [2.45, 2.75) is 30.7 Å². The van der Waals surface area contributed by atoms with E-state index in [4.69, 9.17) is 0 Å². The standard InChI is InChI=1S/C17H25N3O3S/c1-18(2)24(22,23)20-11-9-17(10-12-20)13-15(16(21)19(17)3)14-7-5-4-6-8-14/h4-8,15H,9-13H2,1-3H3/t15-/m1/s1. The lowest BCUT2D eigenvalue weighted by Gasteiger charge is -2.43. The maximum Gasteiger partial charge on any atom is 0.281 e. The number of hydrogen-bond donors (Lipinski definition) is 0. The number of amides is 1. The fraction of sp³-hybridized carbons (Fsp3) is 0.588. The molecule has 7 heteroatoms. The minimum atomic E-state index is -3.38. The number of likely N-dealkylation sites (tertiary alicyclic amines) is 1. The van der Waals surface area contributed by atoms with Gasteiger partial charge in [-0.15, -0.1) is 0 Å². The fourth-order valence-electron chi connectivity index (χ4n) is 3.92. The first-order valence-corrected chi connectivity index (χ1v) is 9.68. The molecule has 0 bridgehead atoms. The van der Waals surface area contributed by atoms with Crippen LogP contribution in [0.5, 0.6) is 0 Å². The minimum Gasteiger partial charge on any atom is -0.339 e. The van der Waals surface area contributed by atoms with E-state index in [-0.39, 0.29) is 17.4 Å². The summed E-state index contributed by atoms with van der Waals surface area (Å²) < 4.78 is 27.4. The number of hydrogen-bond acceptors (Lipinski definition) is 3. The van der Waals surface area contributed by atoms with E-state index in [0.29, 0.717) is 25.9 Å². The van der Waals surface area contributed by atoms with Crippen LogP contribution in [0.15, 0.2) is 30.3 Å². The highest BCUT2D eigenvalue weighted by molar-refractivity contribution is 7.86. The molecule has 0 saturated carbocycles. The van der Waals surface area contributed by atoms with Crippen LogP contribution >= 0.6 is 0 Å². The summed E-state index contributed by atoms with van der Waals surface area (Å²) in [5.74, 6) is 0.0262. The van der Waals surface area contributed by atoms with Gasteiger partial charge in [-0.2, -0.15) is 17.0 Å². The first-order chi connectivity index (χ1) is 11.3. The molecule has 2 aliphatic rings. The molecule has 24 heavy (non-hydrogen) atoms. The first kappa shape index (κ1) is 17.4. The first-order valence-electron chi connectivity index (χ1n) is 8.28. The number of rotatable bonds is 3. The average molecular weight is 351 g/mol. The third-order valence-electron chi connectivity index (χ3n) is 5.57. The molecular formula is C17H25N3O3S. The van der Waals surface area contributed by atoms with Crippen LogP contribution in [0.1, 0.15) is 30.7 Å². The summed E-state index contributed by atoms with van der Waals surface area (Å²) in [5.41, 5.74) is 0.824. The number of carbonyl (C=O) groups excluding carboxylic acids is 1. The lowest BCUT2D eigenvalue weighted by Crippen LogP contribution is -2.54. The highest BCUT2D eigenvalue weighted by Gasteiger charge is 2.51. The number of carbonyl (C=O) groups is 1. The normalized spacial score (nSPS) is 24.9. The van der Waals surface area contributed by atoms with Crippen molar-refractivity contribution >= 4 is 16.1 Å². The van der Waals surface area contributed by atoms with Crippen molar-refractivity contribution in [3.8, 4) is 0 Å². The smallest absolute Gasteiger partial charge is 0.281 e. The molecule has 6 nitrogen and oxygen atoms in total. The molecule has 1 aromatic rings. The van der Waals surface area contributed by atoms with Crippen LogP contribution in [0.4, 0.5) is 0 Å². The third kappa shape index (κ3) is 2.74. The second kappa shape index (κ2) is 6.13. The Balaban J connectivity index is 1.78. The SMILES string of the molecule is CN1C(=O)[C@@H](c2ccccc2)CC12CCN(S(=O)(=O)N(C)C)CC2. The van der Waals surface area contributed by atoms with Crippen LogP contribution in [0.2, 0.25) is 0 Å². The van der Waals surface area contributed by atoms with Crippen LogP contribution in [0.3, 0.4) is 0 Å². The zero-order valence-electron chi connectivity index (χ0n) is 14.5. The molecule has 0 N–H and O–H groups in total. The van der Waals surface area contributed by atoms with E-state index in [0.717, 1.165) is 12.0 Å². The maximum absolute atomic E-state index is 12.8. The van der Waals surface area contributed by atoms with Gasteiger partial charge in [-0.3, -0.25) is 4.79 Å². The van der Waals surface area contributed by atoms with Crippen molar-refractivity contribution in [1.82, 2.24) is 13.5 Å². The van der Waals surface area contributed by atoms with Crippen LogP contribution in [-0.2, 0) is 15.0 Å². The van der Waals surface area contributed by atoms with Gasteiger partial charge in [0.2, 0.25) is 5.91 Å². The molecule has 2 aliphatic heterocycles. The van der Waals surface area contributed by atoms with Gasteiger partial charge in [0.25, 0.3) is 10.2 Å². The van der Waals surface area contributed by atoms with Crippen molar-refractivity contribution < 1.29 is 13.2 Å². The van der Waals surface area contributed by atoms with Crippen molar-refractivity contribution in [1.29, 1.82) is 0 Å². The zero-order chi connectivity index (χ0) is 17.5. The highest BCUT2D eigenvalue weighted by Crippen LogP contribution is 2.45. The van der Waals surface area contributed by atoms with Crippen LogP contribution in [0.25, 0.3) is 0 Å². The minimum absolute atomic E-state index is 0.117. The summed E-state index contributed by atoms with van der Waals surface area (Å²) in [6, 6.07) is 9.87.